The van der Waals surface area contributed by atoms with Crippen molar-refractivity contribution in [2.45, 2.75) is 52.6 Å². The molecule has 108 valence electrons. The predicted molar refractivity (Wildman–Crippen MR) is 77.9 cm³/mol. The molecule has 0 radical (unpaired) electrons. The zero-order valence-corrected chi connectivity index (χ0v) is 13.1. The van der Waals surface area contributed by atoms with Gasteiger partial charge in [0, 0.05) is 32.3 Å². The number of hydrogen-bond donors (Lipinski definition) is 1. The average Bonchev–Trinajstić information content (AvgIpc) is 2.33. The molecule has 0 aliphatic carbocycles. The Morgan fingerprint density at radius 1 is 1.33 bits per heavy atom. The van der Waals surface area contributed by atoms with Crippen LogP contribution in [0.25, 0.3) is 0 Å². The van der Waals surface area contributed by atoms with Gasteiger partial charge in [0.25, 0.3) is 0 Å². The highest BCUT2D eigenvalue weighted by Crippen LogP contribution is 2.29. The number of ether oxygens (including phenoxy) is 1. The lowest BCUT2D eigenvalue weighted by atomic mass is 9.83. The van der Waals surface area contributed by atoms with Gasteiger partial charge in [0.05, 0.1) is 0 Å². The van der Waals surface area contributed by atoms with Gasteiger partial charge >= 0.3 is 0 Å². The Morgan fingerprint density at radius 2 is 2.00 bits per heavy atom. The highest BCUT2D eigenvalue weighted by molar-refractivity contribution is 4.90. The Hall–Kier alpha value is -0.120. The van der Waals surface area contributed by atoms with Gasteiger partial charge in [-0.25, -0.2) is 0 Å². The molecule has 0 aromatic heterocycles. The normalized spacial score (nSPS) is 30.7. The summed E-state index contributed by atoms with van der Waals surface area (Å²) < 4.78 is 5.22. The molecule has 0 spiro atoms. The van der Waals surface area contributed by atoms with Crippen LogP contribution in [-0.2, 0) is 4.74 Å². The van der Waals surface area contributed by atoms with Crippen molar-refractivity contribution >= 4 is 0 Å². The number of nitrogens with one attached hydrogen (secondary N) is 1. The van der Waals surface area contributed by atoms with E-state index < -0.39 is 0 Å². The minimum atomic E-state index is 0.344. The molecule has 18 heavy (non-hydrogen) atoms. The van der Waals surface area contributed by atoms with Gasteiger partial charge in [-0.05, 0) is 44.7 Å². The van der Waals surface area contributed by atoms with E-state index in [0.717, 1.165) is 18.9 Å². The van der Waals surface area contributed by atoms with Crippen LogP contribution in [0.15, 0.2) is 0 Å². The van der Waals surface area contributed by atoms with Crippen molar-refractivity contribution < 1.29 is 4.74 Å². The number of piperidine rings is 1. The molecule has 0 bridgehead atoms. The third-order valence-corrected chi connectivity index (χ3v) is 4.68. The molecule has 0 aromatic carbocycles. The Bertz CT molecular complexity index is 243. The maximum atomic E-state index is 5.22. The van der Waals surface area contributed by atoms with Crippen molar-refractivity contribution in [1.29, 1.82) is 0 Å². The zero-order chi connectivity index (χ0) is 13.8. The molecule has 1 aliphatic rings. The molecule has 3 atom stereocenters. The van der Waals surface area contributed by atoms with Crippen LogP contribution in [0.3, 0.4) is 0 Å². The van der Waals surface area contributed by atoms with Gasteiger partial charge < -0.3 is 10.1 Å². The van der Waals surface area contributed by atoms with Gasteiger partial charge in [-0.1, -0.05) is 20.8 Å². The summed E-state index contributed by atoms with van der Waals surface area (Å²) in [5.41, 5.74) is 0.344. The Labute approximate surface area is 113 Å². The standard InChI is InChI=1S/C15H32N2O/c1-12-13(2)17(9-7-14(12)16-5)11-15(3,4)8-10-18-6/h12-14,16H,7-11H2,1-6H3. The molecule has 1 fully saturated rings. The second-order valence-electron chi connectivity index (χ2n) is 6.66. The summed E-state index contributed by atoms with van der Waals surface area (Å²) in [6.45, 7) is 12.7. The van der Waals surface area contributed by atoms with Crippen LogP contribution in [0.4, 0.5) is 0 Å². The van der Waals surface area contributed by atoms with Crippen LogP contribution >= 0.6 is 0 Å². The van der Waals surface area contributed by atoms with Gasteiger partial charge in [-0.3, -0.25) is 4.90 Å². The average molecular weight is 256 g/mol. The van der Waals surface area contributed by atoms with Crippen molar-refractivity contribution in [2.24, 2.45) is 11.3 Å². The van der Waals surface area contributed by atoms with Crippen molar-refractivity contribution in [3.05, 3.63) is 0 Å². The molecule has 1 rings (SSSR count). The molecule has 1 saturated heterocycles. The minimum Gasteiger partial charge on any atom is -0.385 e. The number of methoxy groups -OCH3 is 1. The summed E-state index contributed by atoms with van der Waals surface area (Å²) in [6.07, 6.45) is 2.40. The lowest BCUT2D eigenvalue weighted by Crippen LogP contribution is -2.54. The summed E-state index contributed by atoms with van der Waals surface area (Å²) in [7, 11) is 3.88. The molecule has 3 heteroatoms. The van der Waals surface area contributed by atoms with Crippen LogP contribution in [-0.4, -0.2) is 50.8 Å². The van der Waals surface area contributed by atoms with Crippen LogP contribution in [0.2, 0.25) is 0 Å². The van der Waals surface area contributed by atoms with Crippen molar-refractivity contribution in [2.75, 3.05) is 33.9 Å². The quantitative estimate of drug-likeness (QED) is 0.789. The van der Waals surface area contributed by atoms with E-state index in [-0.39, 0.29) is 0 Å². The fraction of sp³-hybridized carbons (Fsp3) is 1.00. The van der Waals surface area contributed by atoms with E-state index in [0.29, 0.717) is 17.5 Å². The Balaban J connectivity index is 2.52. The zero-order valence-electron chi connectivity index (χ0n) is 13.1. The summed E-state index contributed by atoms with van der Waals surface area (Å²) in [6, 6.07) is 1.34. The highest BCUT2D eigenvalue weighted by atomic mass is 16.5. The third kappa shape index (κ3) is 4.22. The number of rotatable bonds is 6. The summed E-state index contributed by atoms with van der Waals surface area (Å²) >= 11 is 0. The van der Waals surface area contributed by atoms with E-state index >= 15 is 0 Å². The molecule has 3 nitrogen and oxygen atoms in total. The van der Waals surface area contributed by atoms with Crippen LogP contribution in [0.1, 0.15) is 40.5 Å². The second kappa shape index (κ2) is 6.88. The first kappa shape index (κ1) is 15.9. The second-order valence-corrected chi connectivity index (χ2v) is 6.66. The van der Waals surface area contributed by atoms with Gasteiger partial charge in [0.15, 0.2) is 0 Å². The SMILES string of the molecule is CNC1CCN(CC(C)(C)CCOC)C(C)C1C. The summed E-state index contributed by atoms with van der Waals surface area (Å²) in [5, 5.41) is 3.46. The molecular formula is C15H32N2O. The third-order valence-electron chi connectivity index (χ3n) is 4.68. The molecule has 1 heterocycles. The largest absolute Gasteiger partial charge is 0.385 e. The highest BCUT2D eigenvalue weighted by Gasteiger charge is 2.34. The maximum absolute atomic E-state index is 5.22. The number of nitrogens with zero attached hydrogens (tertiary/aromatic N) is 1. The van der Waals surface area contributed by atoms with Gasteiger partial charge in [0.1, 0.15) is 0 Å². The smallest absolute Gasteiger partial charge is 0.0467 e. The van der Waals surface area contributed by atoms with E-state index in [2.05, 4.69) is 45.0 Å². The van der Waals surface area contributed by atoms with E-state index in [1.165, 1.54) is 19.5 Å². The Kier molecular flexibility index (Phi) is 6.09. The van der Waals surface area contributed by atoms with E-state index in [1.54, 1.807) is 7.11 Å². The molecule has 1 N–H and O–H groups in total. The minimum absolute atomic E-state index is 0.344. The first-order valence-electron chi connectivity index (χ1n) is 7.31. The van der Waals surface area contributed by atoms with Gasteiger partial charge in [-0.15, -0.1) is 0 Å². The topological polar surface area (TPSA) is 24.5 Å². The Morgan fingerprint density at radius 3 is 2.56 bits per heavy atom. The molecule has 0 amide bonds. The van der Waals surface area contributed by atoms with Crippen molar-refractivity contribution in [3.8, 4) is 0 Å². The van der Waals surface area contributed by atoms with E-state index in [1.807, 2.05) is 0 Å². The number of hydrogen-bond acceptors (Lipinski definition) is 3. The molecule has 0 aromatic rings. The van der Waals surface area contributed by atoms with E-state index in [9.17, 15) is 0 Å². The van der Waals surface area contributed by atoms with Crippen molar-refractivity contribution in [1.82, 2.24) is 10.2 Å². The summed E-state index contributed by atoms with van der Waals surface area (Å²) in [5.74, 6) is 0.724. The van der Waals surface area contributed by atoms with Gasteiger partial charge in [0.2, 0.25) is 0 Å². The fourth-order valence-corrected chi connectivity index (χ4v) is 3.08. The predicted octanol–water partition coefficient (Wildman–Crippen LogP) is 2.37. The van der Waals surface area contributed by atoms with Crippen LogP contribution in [0.5, 0.6) is 0 Å². The van der Waals surface area contributed by atoms with E-state index in [4.69, 9.17) is 4.74 Å². The van der Waals surface area contributed by atoms with Gasteiger partial charge in [-0.2, -0.15) is 0 Å². The first-order chi connectivity index (χ1) is 8.41. The van der Waals surface area contributed by atoms with Crippen LogP contribution in [0, 0.1) is 11.3 Å². The molecule has 0 saturated carbocycles. The lowest BCUT2D eigenvalue weighted by molar-refractivity contribution is 0.0419. The maximum Gasteiger partial charge on any atom is 0.0467 e. The monoisotopic (exact) mass is 256 g/mol. The molecule has 3 unspecified atom stereocenters. The lowest BCUT2D eigenvalue weighted by Gasteiger charge is -2.45. The molecule has 1 aliphatic heterocycles. The summed E-state index contributed by atoms with van der Waals surface area (Å²) in [4.78, 5) is 2.66. The first-order valence-corrected chi connectivity index (χ1v) is 7.31. The molecular weight excluding hydrogens is 224 g/mol. The van der Waals surface area contributed by atoms with Crippen molar-refractivity contribution in [3.63, 3.8) is 0 Å². The van der Waals surface area contributed by atoms with Crippen LogP contribution < -0.4 is 5.32 Å². The fourth-order valence-electron chi connectivity index (χ4n) is 3.08. The number of likely N-dealkylation sites (tertiary alicyclic amines) is 1.